The minimum atomic E-state index is -0.512. The van der Waals surface area contributed by atoms with Crippen LogP contribution in [0.5, 0.6) is 0 Å². The van der Waals surface area contributed by atoms with Gasteiger partial charge in [0, 0.05) is 23.9 Å². The molecule has 0 radical (unpaired) electrons. The van der Waals surface area contributed by atoms with Crippen molar-refractivity contribution in [3.8, 4) is 0 Å². The lowest BCUT2D eigenvalue weighted by molar-refractivity contribution is -0.135. The maximum absolute atomic E-state index is 13.0. The standard InChI is InChI=1S/C21H22ClNO2/c1-13-5-4-8-18(22)17(13)11-15-9-10-23(21(15)25)20-16-7-3-2-6-14(16)12-19(20)24/h2-8,15,19-20,24H,9-12H2,1H3. The van der Waals surface area contributed by atoms with Crippen LogP contribution in [0.1, 0.15) is 34.7 Å². The fourth-order valence-electron chi connectivity index (χ4n) is 4.33. The lowest BCUT2D eigenvalue weighted by atomic mass is 9.95. The largest absolute Gasteiger partial charge is 0.390 e. The van der Waals surface area contributed by atoms with Gasteiger partial charge in [0.05, 0.1) is 12.1 Å². The molecule has 3 atom stereocenters. The van der Waals surface area contributed by atoms with Gasteiger partial charge < -0.3 is 10.0 Å². The minimum Gasteiger partial charge on any atom is -0.390 e. The van der Waals surface area contributed by atoms with Crippen LogP contribution in [-0.4, -0.2) is 28.6 Å². The lowest BCUT2D eigenvalue weighted by Crippen LogP contribution is -2.36. The Morgan fingerprint density at radius 1 is 1.20 bits per heavy atom. The summed E-state index contributed by atoms with van der Waals surface area (Å²) in [5, 5.41) is 11.3. The number of aliphatic hydroxyl groups excluding tert-OH is 1. The molecule has 1 saturated heterocycles. The zero-order valence-corrected chi connectivity index (χ0v) is 15.0. The molecule has 2 aliphatic rings. The summed E-state index contributed by atoms with van der Waals surface area (Å²) in [5.41, 5.74) is 4.44. The number of fused-ring (bicyclic) bond motifs is 1. The van der Waals surface area contributed by atoms with Gasteiger partial charge in [-0.05, 0) is 48.1 Å². The van der Waals surface area contributed by atoms with Crippen LogP contribution in [0.4, 0.5) is 0 Å². The van der Waals surface area contributed by atoms with Crippen molar-refractivity contribution >= 4 is 17.5 Å². The van der Waals surface area contributed by atoms with Crippen LogP contribution in [0.25, 0.3) is 0 Å². The molecule has 1 heterocycles. The van der Waals surface area contributed by atoms with Gasteiger partial charge >= 0.3 is 0 Å². The van der Waals surface area contributed by atoms with E-state index in [4.69, 9.17) is 11.6 Å². The molecule has 1 N–H and O–H groups in total. The average molecular weight is 356 g/mol. The fourth-order valence-corrected chi connectivity index (χ4v) is 4.63. The van der Waals surface area contributed by atoms with Gasteiger partial charge in [0.25, 0.3) is 0 Å². The normalized spacial score (nSPS) is 25.5. The molecule has 0 bridgehead atoms. The van der Waals surface area contributed by atoms with Gasteiger partial charge in [0.2, 0.25) is 5.91 Å². The molecule has 4 heteroatoms. The van der Waals surface area contributed by atoms with E-state index in [9.17, 15) is 9.90 Å². The van der Waals surface area contributed by atoms with Gasteiger partial charge in [-0.3, -0.25) is 4.79 Å². The number of likely N-dealkylation sites (tertiary alicyclic amines) is 1. The minimum absolute atomic E-state index is 0.0569. The van der Waals surface area contributed by atoms with E-state index in [1.165, 1.54) is 0 Å². The summed E-state index contributed by atoms with van der Waals surface area (Å²) in [6, 6.07) is 13.7. The van der Waals surface area contributed by atoms with Crippen molar-refractivity contribution in [3.05, 3.63) is 69.7 Å². The summed E-state index contributed by atoms with van der Waals surface area (Å²) in [5.74, 6) is 0.0821. The zero-order valence-electron chi connectivity index (χ0n) is 14.3. The number of rotatable bonds is 3. The smallest absolute Gasteiger partial charge is 0.226 e. The average Bonchev–Trinajstić information content (AvgIpc) is 3.10. The first-order valence-corrected chi connectivity index (χ1v) is 9.24. The first-order valence-electron chi connectivity index (χ1n) is 8.86. The second kappa shape index (κ2) is 6.47. The number of hydrogen-bond donors (Lipinski definition) is 1. The molecule has 1 amide bonds. The van der Waals surface area contributed by atoms with Crippen LogP contribution < -0.4 is 0 Å². The second-order valence-corrected chi connectivity index (χ2v) is 7.58. The molecule has 25 heavy (non-hydrogen) atoms. The van der Waals surface area contributed by atoms with Crippen molar-refractivity contribution in [2.75, 3.05) is 6.54 Å². The number of aliphatic hydroxyl groups is 1. The fraction of sp³-hybridized carbons (Fsp3) is 0.381. The quantitative estimate of drug-likeness (QED) is 0.912. The van der Waals surface area contributed by atoms with Crippen LogP contribution in [0.15, 0.2) is 42.5 Å². The number of halogens is 1. The van der Waals surface area contributed by atoms with E-state index in [0.29, 0.717) is 19.4 Å². The number of aryl methyl sites for hydroxylation is 1. The molecule has 2 aromatic rings. The maximum Gasteiger partial charge on any atom is 0.226 e. The van der Waals surface area contributed by atoms with E-state index in [1.54, 1.807) is 0 Å². The van der Waals surface area contributed by atoms with Crippen molar-refractivity contribution in [2.45, 2.75) is 38.3 Å². The molecule has 130 valence electrons. The van der Waals surface area contributed by atoms with E-state index in [1.807, 2.05) is 54.3 Å². The summed E-state index contributed by atoms with van der Waals surface area (Å²) in [6.07, 6.45) is 1.60. The summed E-state index contributed by atoms with van der Waals surface area (Å²) >= 11 is 6.34. The SMILES string of the molecule is Cc1cccc(Cl)c1CC1CCN(C2c3ccccc3CC2O)C1=O. The van der Waals surface area contributed by atoms with Crippen molar-refractivity contribution in [1.82, 2.24) is 4.90 Å². The molecule has 1 aliphatic heterocycles. The van der Waals surface area contributed by atoms with Gasteiger partial charge in [0.15, 0.2) is 0 Å². The molecule has 0 aromatic heterocycles. The predicted octanol–water partition coefficient (Wildman–Crippen LogP) is 3.70. The van der Waals surface area contributed by atoms with Crippen LogP contribution in [-0.2, 0) is 17.6 Å². The van der Waals surface area contributed by atoms with Crippen LogP contribution >= 0.6 is 11.6 Å². The molecular formula is C21H22ClNO2. The Bertz CT molecular complexity index is 799. The van der Waals surface area contributed by atoms with Crippen LogP contribution in [0.2, 0.25) is 5.02 Å². The molecule has 0 spiro atoms. The molecule has 2 aromatic carbocycles. The highest BCUT2D eigenvalue weighted by atomic mass is 35.5. The van der Waals surface area contributed by atoms with Crippen molar-refractivity contribution in [2.24, 2.45) is 5.92 Å². The first-order chi connectivity index (χ1) is 12.1. The van der Waals surface area contributed by atoms with Crippen molar-refractivity contribution in [3.63, 3.8) is 0 Å². The monoisotopic (exact) mass is 355 g/mol. The number of amides is 1. The number of carbonyl (C=O) groups is 1. The number of hydrogen-bond acceptors (Lipinski definition) is 2. The van der Waals surface area contributed by atoms with E-state index in [2.05, 4.69) is 0 Å². The molecule has 4 rings (SSSR count). The lowest BCUT2D eigenvalue weighted by Gasteiger charge is -2.28. The van der Waals surface area contributed by atoms with E-state index in [-0.39, 0.29) is 17.9 Å². The molecule has 0 saturated carbocycles. The number of benzene rings is 2. The first kappa shape index (κ1) is 16.6. The molecule has 3 nitrogen and oxygen atoms in total. The molecule has 1 aliphatic carbocycles. The Hall–Kier alpha value is -1.84. The predicted molar refractivity (Wildman–Crippen MR) is 98.6 cm³/mol. The molecular weight excluding hydrogens is 334 g/mol. The number of carbonyl (C=O) groups excluding carboxylic acids is 1. The van der Waals surface area contributed by atoms with Gasteiger partial charge in [-0.25, -0.2) is 0 Å². The highest BCUT2D eigenvalue weighted by Gasteiger charge is 2.42. The summed E-state index contributed by atoms with van der Waals surface area (Å²) < 4.78 is 0. The second-order valence-electron chi connectivity index (χ2n) is 7.17. The zero-order chi connectivity index (χ0) is 17.6. The van der Waals surface area contributed by atoms with E-state index < -0.39 is 6.10 Å². The molecule has 1 fully saturated rings. The topological polar surface area (TPSA) is 40.5 Å². The molecule has 3 unspecified atom stereocenters. The highest BCUT2D eigenvalue weighted by molar-refractivity contribution is 6.31. The maximum atomic E-state index is 13.0. The van der Waals surface area contributed by atoms with Crippen molar-refractivity contribution in [1.29, 1.82) is 0 Å². The van der Waals surface area contributed by atoms with Gasteiger partial charge in [-0.1, -0.05) is 48.0 Å². The highest BCUT2D eigenvalue weighted by Crippen LogP contribution is 2.40. The van der Waals surface area contributed by atoms with E-state index in [0.717, 1.165) is 33.7 Å². The number of nitrogens with zero attached hydrogens (tertiary/aromatic N) is 1. The Morgan fingerprint density at radius 3 is 2.80 bits per heavy atom. The van der Waals surface area contributed by atoms with Crippen LogP contribution in [0, 0.1) is 12.8 Å². The van der Waals surface area contributed by atoms with E-state index >= 15 is 0 Å². The van der Waals surface area contributed by atoms with Gasteiger partial charge in [-0.15, -0.1) is 0 Å². The van der Waals surface area contributed by atoms with Crippen LogP contribution in [0.3, 0.4) is 0 Å². The third-order valence-electron chi connectivity index (χ3n) is 5.66. The Balaban J connectivity index is 1.56. The van der Waals surface area contributed by atoms with Gasteiger partial charge in [0.1, 0.15) is 0 Å². The Morgan fingerprint density at radius 2 is 2.00 bits per heavy atom. The Kier molecular flexibility index (Phi) is 4.30. The Labute approximate surface area is 153 Å². The third-order valence-corrected chi connectivity index (χ3v) is 6.01. The summed E-state index contributed by atoms with van der Waals surface area (Å²) in [4.78, 5) is 14.9. The van der Waals surface area contributed by atoms with Crippen molar-refractivity contribution < 1.29 is 9.90 Å². The van der Waals surface area contributed by atoms with Gasteiger partial charge in [-0.2, -0.15) is 0 Å². The summed E-state index contributed by atoms with van der Waals surface area (Å²) in [6.45, 7) is 2.73. The summed E-state index contributed by atoms with van der Waals surface area (Å²) in [7, 11) is 0. The third kappa shape index (κ3) is 2.86.